The van der Waals surface area contributed by atoms with Gasteiger partial charge in [-0.1, -0.05) is 12.1 Å². The molecule has 0 atom stereocenters. The standard InChI is InChI=1S/C22H19N5O/c28-22(15-5-12-21(23-13-15)25-16-6-7-16)26-17-8-10-18(11-9-17)27-14-24-19-3-1-2-4-20(19)27/h1-5,8-14,16H,6-7H2,(H,23,25)(H,26,28). The second-order valence-electron chi connectivity index (χ2n) is 6.96. The fourth-order valence-electron chi connectivity index (χ4n) is 3.12. The van der Waals surface area contributed by atoms with Crippen LogP contribution in [0.15, 0.2) is 73.2 Å². The average molecular weight is 369 g/mol. The number of amides is 1. The van der Waals surface area contributed by atoms with Crippen molar-refractivity contribution in [3.8, 4) is 5.69 Å². The van der Waals surface area contributed by atoms with Crippen LogP contribution in [0.3, 0.4) is 0 Å². The number of hydrogen-bond donors (Lipinski definition) is 2. The number of pyridine rings is 1. The van der Waals surface area contributed by atoms with Crippen molar-refractivity contribution in [3.63, 3.8) is 0 Å². The number of aromatic nitrogens is 3. The van der Waals surface area contributed by atoms with Gasteiger partial charge in [-0.2, -0.15) is 0 Å². The number of nitrogens with one attached hydrogen (secondary N) is 2. The summed E-state index contributed by atoms with van der Waals surface area (Å²) in [6.45, 7) is 0. The van der Waals surface area contributed by atoms with Crippen LogP contribution in [-0.4, -0.2) is 26.5 Å². The van der Waals surface area contributed by atoms with Crippen molar-refractivity contribution in [1.82, 2.24) is 14.5 Å². The maximum Gasteiger partial charge on any atom is 0.257 e. The third kappa shape index (κ3) is 3.32. The van der Waals surface area contributed by atoms with E-state index in [1.807, 2.05) is 59.2 Å². The van der Waals surface area contributed by atoms with E-state index >= 15 is 0 Å². The number of imidazole rings is 1. The third-order valence-electron chi connectivity index (χ3n) is 4.81. The molecular weight excluding hydrogens is 350 g/mol. The smallest absolute Gasteiger partial charge is 0.257 e. The molecule has 6 heteroatoms. The molecule has 28 heavy (non-hydrogen) atoms. The molecule has 2 heterocycles. The Bertz CT molecular complexity index is 1130. The highest BCUT2D eigenvalue weighted by atomic mass is 16.1. The second-order valence-corrected chi connectivity index (χ2v) is 6.96. The van der Waals surface area contributed by atoms with Crippen LogP contribution in [0.1, 0.15) is 23.2 Å². The Hall–Kier alpha value is -3.67. The Morgan fingerprint density at radius 1 is 0.964 bits per heavy atom. The maximum atomic E-state index is 12.5. The molecule has 1 saturated carbocycles. The van der Waals surface area contributed by atoms with E-state index in [0.717, 1.165) is 28.2 Å². The lowest BCUT2D eigenvalue weighted by Crippen LogP contribution is -2.12. The number of anilines is 2. The molecule has 0 unspecified atom stereocenters. The highest BCUT2D eigenvalue weighted by molar-refractivity contribution is 6.04. The summed E-state index contributed by atoms with van der Waals surface area (Å²) in [5.41, 5.74) is 4.26. The molecule has 0 radical (unpaired) electrons. The van der Waals surface area contributed by atoms with Gasteiger partial charge in [0.1, 0.15) is 12.1 Å². The molecule has 2 N–H and O–H groups in total. The van der Waals surface area contributed by atoms with Crippen LogP contribution in [0, 0.1) is 0 Å². The quantitative estimate of drug-likeness (QED) is 0.552. The minimum atomic E-state index is -0.175. The van der Waals surface area contributed by atoms with E-state index in [1.54, 1.807) is 18.6 Å². The van der Waals surface area contributed by atoms with E-state index in [1.165, 1.54) is 12.8 Å². The van der Waals surface area contributed by atoms with Crippen LogP contribution in [0.2, 0.25) is 0 Å². The van der Waals surface area contributed by atoms with Gasteiger partial charge in [-0.3, -0.25) is 9.36 Å². The molecule has 0 bridgehead atoms. The summed E-state index contributed by atoms with van der Waals surface area (Å²) in [5, 5.41) is 6.23. The number of rotatable bonds is 5. The predicted octanol–water partition coefficient (Wildman–Crippen LogP) is 4.25. The van der Waals surface area contributed by atoms with Crippen molar-refractivity contribution < 1.29 is 4.79 Å². The minimum Gasteiger partial charge on any atom is -0.367 e. The van der Waals surface area contributed by atoms with Crippen molar-refractivity contribution in [2.45, 2.75) is 18.9 Å². The van der Waals surface area contributed by atoms with Gasteiger partial charge >= 0.3 is 0 Å². The molecule has 0 spiro atoms. The monoisotopic (exact) mass is 369 g/mol. The third-order valence-corrected chi connectivity index (χ3v) is 4.81. The SMILES string of the molecule is O=C(Nc1ccc(-n2cnc3ccccc32)cc1)c1ccc(NC2CC2)nc1. The summed E-state index contributed by atoms with van der Waals surface area (Å²) in [4.78, 5) is 21.2. The van der Waals surface area contributed by atoms with E-state index in [9.17, 15) is 4.79 Å². The molecule has 0 saturated heterocycles. The summed E-state index contributed by atoms with van der Waals surface area (Å²) < 4.78 is 2.02. The number of carbonyl (C=O) groups is 1. The van der Waals surface area contributed by atoms with Gasteiger partial charge in [0, 0.05) is 23.6 Å². The van der Waals surface area contributed by atoms with Crippen molar-refractivity contribution in [3.05, 3.63) is 78.8 Å². The van der Waals surface area contributed by atoms with Crippen LogP contribution in [0.5, 0.6) is 0 Å². The summed E-state index contributed by atoms with van der Waals surface area (Å²) in [6.07, 6.45) is 5.79. The molecule has 0 aliphatic heterocycles. The molecule has 2 aromatic carbocycles. The zero-order chi connectivity index (χ0) is 18.9. The fraction of sp³-hybridized carbons (Fsp3) is 0.136. The number of para-hydroxylation sites is 2. The molecule has 2 aromatic heterocycles. The Kier molecular flexibility index (Phi) is 4.01. The van der Waals surface area contributed by atoms with Gasteiger partial charge in [0.25, 0.3) is 5.91 Å². The summed E-state index contributed by atoms with van der Waals surface area (Å²) >= 11 is 0. The van der Waals surface area contributed by atoms with Gasteiger partial charge in [0.05, 0.1) is 16.6 Å². The summed E-state index contributed by atoms with van der Waals surface area (Å²) in [5.74, 6) is 0.641. The van der Waals surface area contributed by atoms with E-state index in [2.05, 4.69) is 20.6 Å². The molecule has 138 valence electrons. The first kappa shape index (κ1) is 16.5. The van der Waals surface area contributed by atoms with Crippen molar-refractivity contribution in [1.29, 1.82) is 0 Å². The zero-order valence-corrected chi connectivity index (χ0v) is 15.2. The second kappa shape index (κ2) is 6.81. The maximum absolute atomic E-state index is 12.5. The van der Waals surface area contributed by atoms with Crippen LogP contribution >= 0.6 is 0 Å². The van der Waals surface area contributed by atoms with Gasteiger partial charge in [-0.15, -0.1) is 0 Å². The fourth-order valence-corrected chi connectivity index (χ4v) is 3.12. The number of nitrogens with zero attached hydrogens (tertiary/aromatic N) is 3. The zero-order valence-electron chi connectivity index (χ0n) is 15.2. The van der Waals surface area contributed by atoms with Crippen molar-refractivity contribution in [2.24, 2.45) is 0 Å². The van der Waals surface area contributed by atoms with Gasteiger partial charge in [0.2, 0.25) is 0 Å². The first-order valence-electron chi connectivity index (χ1n) is 9.33. The predicted molar refractivity (Wildman–Crippen MR) is 110 cm³/mol. The Balaban J connectivity index is 1.29. The lowest BCUT2D eigenvalue weighted by Gasteiger charge is -2.09. The van der Waals surface area contributed by atoms with Crippen LogP contribution in [-0.2, 0) is 0 Å². The Labute approximate surface area is 162 Å². The van der Waals surface area contributed by atoms with Crippen LogP contribution < -0.4 is 10.6 Å². The average Bonchev–Trinajstić information content (AvgIpc) is 3.44. The summed E-state index contributed by atoms with van der Waals surface area (Å²) in [7, 11) is 0. The van der Waals surface area contributed by atoms with Gasteiger partial charge in [-0.05, 0) is 61.4 Å². The highest BCUT2D eigenvalue weighted by Crippen LogP contribution is 2.24. The lowest BCUT2D eigenvalue weighted by molar-refractivity contribution is 0.102. The molecule has 1 aliphatic carbocycles. The molecule has 1 fully saturated rings. The number of benzene rings is 2. The van der Waals surface area contributed by atoms with Gasteiger partial charge in [0.15, 0.2) is 0 Å². The first-order chi connectivity index (χ1) is 13.8. The molecule has 5 rings (SSSR count). The van der Waals surface area contributed by atoms with E-state index in [0.29, 0.717) is 11.6 Å². The van der Waals surface area contributed by atoms with Crippen molar-refractivity contribution in [2.75, 3.05) is 10.6 Å². The van der Waals surface area contributed by atoms with E-state index in [4.69, 9.17) is 0 Å². The van der Waals surface area contributed by atoms with Gasteiger partial charge in [-0.25, -0.2) is 9.97 Å². The first-order valence-corrected chi connectivity index (χ1v) is 9.33. The molecule has 1 amide bonds. The number of carbonyl (C=O) groups excluding carboxylic acids is 1. The lowest BCUT2D eigenvalue weighted by atomic mass is 10.2. The van der Waals surface area contributed by atoms with E-state index < -0.39 is 0 Å². The topological polar surface area (TPSA) is 71.8 Å². The molecule has 4 aromatic rings. The Morgan fingerprint density at radius 2 is 1.79 bits per heavy atom. The highest BCUT2D eigenvalue weighted by Gasteiger charge is 2.21. The summed E-state index contributed by atoms with van der Waals surface area (Å²) in [6, 6.07) is 19.9. The van der Waals surface area contributed by atoms with Crippen molar-refractivity contribution >= 4 is 28.4 Å². The largest absolute Gasteiger partial charge is 0.367 e. The molecule has 6 nitrogen and oxygen atoms in total. The minimum absolute atomic E-state index is 0.175. The normalized spacial score (nSPS) is 13.4. The van der Waals surface area contributed by atoms with Crippen LogP contribution in [0.4, 0.5) is 11.5 Å². The number of hydrogen-bond acceptors (Lipinski definition) is 4. The number of fused-ring (bicyclic) bond motifs is 1. The molecule has 1 aliphatic rings. The van der Waals surface area contributed by atoms with Crippen LogP contribution in [0.25, 0.3) is 16.7 Å². The molecular formula is C22H19N5O. The van der Waals surface area contributed by atoms with Gasteiger partial charge < -0.3 is 10.6 Å². The Morgan fingerprint density at radius 3 is 2.54 bits per heavy atom. The van der Waals surface area contributed by atoms with E-state index in [-0.39, 0.29) is 5.91 Å².